The second-order valence-corrected chi connectivity index (χ2v) is 5.37. The van der Waals surface area contributed by atoms with Gasteiger partial charge < -0.3 is 10.2 Å². The quantitative estimate of drug-likeness (QED) is 0.751. The molecule has 0 aromatic carbocycles. The number of rotatable bonds is 5. The number of hydrogen-bond donors (Lipinski definition) is 1. The van der Waals surface area contributed by atoms with Crippen molar-refractivity contribution >= 4 is 5.91 Å². The van der Waals surface area contributed by atoms with E-state index in [9.17, 15) is 4.79 Å². The lowest BCUT2D eigenvalue weighted by Crippen LogP contribution is -2.55. The minimum absolute atomic E-state index is 0.215. The molecule has 1 N–H and O–H groups in total. The zero-order valence-corrected chi connectivity index (χ0v) is 10.6. The molecule has 1 saturated carbocycles. The van der Waals surface area contributed by atoms with E-state index in [1.54, 1.807) is 0 Å². The molecule has 1 fully saturated rings. The van der Waals surface area contributed by atoms with Crippen molar-refractivity contribution in [1.82, 2.24) is 10.2 Å². The Morgan fingerprint density at radius 2 is 2.00 bits per heavy atom. The summed E-state index contributed by atoms with van der Waals surface area (Å²) in [4.78, 5) is 14.3. The van der Waals surface area contributed by atoms with E-state index in [2.05, 4.69) is 19.2 Å². The standard InChI is InChI=1S/C12H24N2O/c1-9(2)14(8-10-6-7-10)11(15)12(3,4)13-5/h9-10,13H,6-8H2,1-5H3. The van der Waals surface area contributed by atoms with Crippen LogP contribution in [0.15, 0.2) is 0 Å². The molecule has 1 aliphatic carbocycles. The number of nitrogens with zero attached hydrogens (tertiary/aromatic N) is 1. The van der Waals surface area contributed by atoms with Crippen LogP contribution in [0.4, 0.5) is 0 Å². The summed E-state index contributed by atoms with van der Waals surface area (Å²) >= 11 is 0. The second kappa shape index (κ2) is 4.52. The van der Waals surface area contributed by atoms with Gasteiger partial charge in [0.25, 0.3) is 0 Å². The first-order chi connectivity index (χ1) is 6.88. The maximum Gasteiger partial charge on any atom is 0.242 e. The van der Waals surface area contributed by atoms with Crippen molar-refractivity contribution < 1.29 is 4.79 Å². The molecule has 0 unspecified atom stereocenters. The average Bonchev–Trinajstić information content (AvgIpc) is 2.96. The highest BCUT2D eigenvalue weighted by Gasteiger charge is 2.35. The first-order valence-corrected chi connectivity index (χ1v) is 5.88. The fraction of sp³-hybridized carbons (Fsp3) is 0.917. The minimum atomic E-state index is -0.445. The fourth-order valence-electron chi connectivity index (χ4n) is 1.57. The van der Waals surface area contributed by atoms with Gasteiger partial charge in [-0.15, -0.1) is 0 Å². The molecule has 0 atom stereocenters. The third kappa shape index (κ3) is 3.20. The van der Waals surface area contributed by atoms with E-state index >= 15 is 0 Å². The molecule has 0 aromatic rings. The Labute approximate surface area is 93.2 Å². The Morgan fingerprint density at radius 1 is 1.47 bits per heavy atom. The smallest absolute Gasteiger partial charge is 0.242 e. The highest BCUT2D eigenvalue weighted by Crippen LogP contribution is 2.31. The van der Waals surface area contributed by atoms with Crippen LogP contribution in [-0.2, 0) is 4.79 Å². The predicted molar refractivity (Wildman–Crippen MR) is 62.7 cm³/mol. The molecule has 3 nitrogen and oxygen atoms in total. The topological polar surface area (TPSA) is 32.3 Å². The highest BCUT2D eigenvalue weighted by molar-refractivity contribution is 5.85. The fourth-order valence-corrected chi connectivity index (χ4v) is 1.57. The van der Waals surface area contributed by atoms with Gasteiger partial charge in [0.15, 0.2) is 0 Å². The summed E-state index contributed by atoms with van der Waals surface area (Å²) in [6.07, 6.45) is 2.58. The van der Waals surface area contributed by atoms with Crippen molar-refractivity contribution in [3.05, 3.63) is 0 Å². The normalized spacial score (nSPS) is 16.9. The number of carbonyl (C=O) groups is 1. The summed E-state index contributed by atoms with van der Waals surface area (Å²) in [5.74, 6) is 0.968. The molecule has 0 aromatic heterocycles. The number of hydrogen-bond acceptors (Lipinski definition) is 2. The molecule has 0 aliphatic heterocycles. The maximum atomic E-state index is 12.3. The van der Waals surface area contributed by atoms with Crippen molar-refractivity contribution in [3.63, 3.8) is 0 Å². The van der Waals surface area contributed by atoms with Gasteiger partial charge in [-0.3, -0.25) is 4.79 Å². The van der Waals surface area contributed by atoms with E-state index in [4.69, 9.17) is 0 Å². The van der Waals surface area contributed by atoms with E-state index < -0.39 is 5.54 Å². The maximum absolute atomic E-state index is 12.3. The van der Waals surface area contributed by atoms with E-state index in [-0.39, 0.29) is 5.91 Å². The zero-order valence-electron chi connectivity index (χ0n) is 10.6. The van der Waals surface area contributed by atoms with E-state index in [0.717, 1.165) is 12.5 Å². The number of carbonyl (C=O) groups excluding carboxylic acids is 1. The second-order valence-electron chi connectivity index (χ2n) is 5.37. The Bertz CT molecular complexity index is 232. The van der Waals surface area contributed by atoms with E-state index in [1.165, 1.54) is 12.8 Å². The highest BCUT2D eigenvalue weighted by atomic mass is 16.2. The summed E-state index contributed by atoms with van der Waals surface area (Å²) in [5.41, 5.74) is -0.445. The molecule has 3 heteroatoms. The Balaban J connectivity index is 2.65. The zero-order chi connectivity index (χ0) is 11.6. The van der Waals surface area contributed by atoms with Crippen LogP contribution in [-0.4, -0.2) is 36.0 Å². The van der Waals surface area contributed by atoms with Crippen molar-refractivity contribution in [3.8, 4) is 0 Å². The van der Waals surface area contributed by atoms with Gasteiger partial charge in [0.05, 0.1) is 5.54 Å². The molecule has 1 amide bonds. The molecule has 0 radical (unpaired) electrons. The van der Waals surface area contributed by atoms with Gasteiger partial charge in [-0.2, -0.15) is 0 Å². The average molecular weight is 212 g/mol. The molecule has 88 valence electrons. The summed E-state index contributed by atoms with van der Waals surface area (Å²) in [7, 11) is 1.84. The molecular weight excluding hydrogens is 188 g/mol. The molecule has 1 aliphatic rings. The monoisotopic (exact) mass is 212 g/mol. The molecular formula is C12H24N2O. The lowest BCUT2D eigenvalue weighted by molar-refractivity contribution is -0.139. The SMILES string of the molecule is CNC(C)(C)C(=O)N(CC1CC1)C(C)C. The summed E-state index contributed by atoms with van der Waals surface area (Å²) < 4.78 is 0. The third-order valence-corrected chi connectivity index (χ3v) is 3.20. The minimum Gasteiger partial charge on any atom is -0.338 e. The van der Waals surface area contributed by atoms with Gasteiger partial charge >= 0.3 is 0 Å². The van der Waals surface area contributed by atoms with Crippen LogP contribution in [0.25, 0.3) is 0 Å². The number of amides is 1. The van der Waals surface area contributed by atoms with Crippen LogP contribution in [0, 0.1) is 5.92 Å². The van der Waals surface area contributed by atoms with Gasteiger partial charge in [-0.25, -0.2) is 0 Å². The Hall–Kier alpha value is -0.570. The van der Waals surface area contributed by atoms with Crippen LogP contribution < -0.4 is 5.32 Å². The molecule has 0 saturated heterocycles. The van der Waals surface area contributed by atoms with Crippen molar-refractivity contribution in [1.29, 1.82) is 0 Å². The summed E-state index contributed by atoms with van der Waals surface area (Å²) in [6, 6.07) is 0.297. The summed E-state index contributed by atoms with van der Waals surface area (Å²) in [5, 5.41) is 3.08. The van der Waals surface area contributed by atoms with Crippen molar-refractivity contribution in [2.75, 3.05) is 13.6 Å². The number of likely N-dealkylation sites (N-methyl/N-ethyl adjacent to an activating group) is 1. The van der Waals surface area contributed by atoms with Crippen LogP contribution in [0.2, 0.25) is 0 Å². The molecule has 0 bridgehead atoms. The van der Waals surface area contributed by atoms with Crippen molar-refractivity contribution in [2.24, 2.45) is 5.92 Å². The molecule has 15 heavy (non-hydrogen) atoms. The third-order valence-electron chi connectivity index (χ3n) is 3.20. The largest absolute Gasteiger partial charge is 0.338 e. The lowest BCUT2D eigenvalue weighted by Gasteiger charge is -2.34. The van der Waals surface area contributed by atoms with Crippen LogP contribution in [0.3, 0.4) is 0 Å². The van der Waals surface area contributed by atoms with Crippen molar-refractivity contribution in [2.45, 2.75) is 52.1 Å². The van der Waals surface area contributed by atoms with Gasteiger partial charge in [-0.1, -0.05) is 0 Å². The van der Waals surface area contributed by atoms with Gasteiger partial charge in [0.2, 0.25) is 5.91 Å². The number of nitrogens with one attached hydrogen (secondary N) is 1. The molecule has 1 rings (SSSR count). The predicted octanol–water partition coefficient (Wildman–Crippen LogP) is 1.63. The first kappa shape index (κ1) is 12.5. The first-order valence-electron chi connectivity index (χ1n) is 5.88. The summed E-state index contributed by atoms with van der Waals surface area (Å²) in [6.45, 7) is 8.99. The van der Waals surface area contributed by atoms with Gasteiger partial charge in [-0.05, 0) is 53.5 Å². The Kier molecular flexibility index (Phi) is 3.77. The lowest BCUT2D eigenvalue weighted by atomic mass is 10.0. The van der Waals surface area contributed by atoms with Gasteiger partial charge in [0.1, 0.15) is 0 Å². The molecule has 0 spiro atoms. The van der Waals surface area contributed by atoms with Crippen LogP contribution in [0.5, 0.6) is 0 Å². The van der Waals surface area contributed by atoms with Gasteiger partial charge in [0, 0.05) is 12.6 Å². The van der Waals surface area contributed by atoms with Crippen LogP contribution in [0.1, 0.15) is 40.5 Å². The van der Waals surface area contributed by atoms with E-state index in [1.807, 2.05) is 25.8 Å². The van der Waals surface area contributed by atoms with Crippen LogP contribution >= 0.6 is 0 Å². The Morgan fingerprint density at radius 3 is 2.33 bits per heavy atom. The molecule has 0 heterocycles. The van der Waals surface area contributed by atoms with E-state index in [0.29, 0.717) is 6.04 Å².